The van der Waals surface area contributed by atoms with Gasteiger partial charge in [-0.05, 0) is 0 Å². The Bertz CT molecular complexity index is 1460. The van der Waals surface area contributed by atoms with E-state index < -0.39 is 35.8 Å². The van der Waals surface area contributed by atoms with Gasteiger partial charge in [-0.2, -0.15) is 0 Å². The average molecular weight is 618 g/mol. The first-order valence-corrected chi connectivity index (χ1v) is 16.2. The Hall–Kier alpha value is -2.49. The topological polar surface area (TPSA) is 69.4 Å². The van der Waals surface area contributed by atoms with E-state index in [0.29, 0.717) is 11.5 Å². The molecule has 0 spiro atoms. The van der Waals surface area contributed by atoms with Gasteiger partial charge >= 0.3 is 223 Å². The fourth-order valence-electron chi connectivity index (χ4n) is 4.14. The van der Waals surface area contributed by atoms with Gasteiger partial charge in [0, 0.05) is 0 Å². The van der Waals surface area contributed by atoms with Crippen molar-refractivity contribution in [3.8, 4) is 11.3 Å². The molecule has 4 rings (SSSR count). The Morgan fingerprint density at radius 3 is 1.97 bits per heavy atom. The third-order valence-corrected chi connectivity index (χ3v) is 13.3. The molecule has 1 aromatic heterocycles. The van der Waals surface area contributed by atoms with Crippen molar-refractivity contribution in [2.24, 2.45) is 0 Å². The number of hydrogen-bond acceptors (Lipinski definition) is 5. The van der Waals surface area contributed by atoms with E-state index >= 15 is 0 Å². The second kappa shape index (κ2) is 10.1. The van der Waals surface area contributed by atoms with Crippen LogP contribution < -0.4 is 0 Å². The summed E-state index contributed by atoms with van der Waals surface area (Å²) in [6.45, 7) is 14.2. The number of aryl methyl sites for hydroxylation is 4. The number of hydrogen-bond donors (Lipinski definition) is 0. The molecular weight excluding hydrogens is 585 g/mol. The molecule has 0 aliphatic carbocycles. The van der Waals surface area contributed by atoms with Crippen LogP contribution in [-0.2, 0) is 18.0 Å². The van der Waals surface area contributed by atoms with Gasteiger partial charge < -0.3 is 0 Å². The summed E-state index contributed by atoms with van der Waals surface area (Å²) in [7, 11) is -4.04. The van der Waals surface area contributed by atoms with E-state index in [1.54, 1.807) is 24.3 Å². The van der Waals surface area contributed by atoms with Crippen LogP contribution >= 0.6 is 20.2 Å². The monoisotopic (exact) mass is 617 g/mol. The van der Waals surface area contributed by atoms with Crippen LogP contribution in [0.25, 0.3) is 11.3 Å². The van der Waals surface area contributed by atoms with Crippen LogP contribution in [0.5, 0.6) is 0 Å². The summed E-state index contributed by atoms with van der Waals surface area (Å²) in [5.41, 5.74) is 5.49. The standard InChI is InChI=1S/C29H32INO4S/c1-19-13-15-24(16-14-19)36(32,33)35-30(23-11-9-8-10-12-23)26-27(31-34-28(26)29(5,6)7)25-21(3)17-20(2)18-22(25)4/h8-18H,1-7H3. The molecule has 0 aliphatic heterocycles. The van der Waals surface area contributed by atoms with E-state index in [1.807, 2.05) is 58.0 Å². The zero-order valence-electron chi connectivity index (χ0n) is 21.7. The first-order valence-electron chi connectivity index (χ1n) is 11.7. The van der Waals surface area contributed by atoms with Gasteiger partial charge in [-0.25, -0.2) is 0 Å². The molecule has 0 atom stereocenters. The number of rotatable bonds is 6. The van der Waals surface area contributed by atoms with Crippen LogP contribution in [0, 0.1) is 34.8 Å². The molecule has 1 heterocycles. The van der Waals surface area contributed by atoms with E-state index in [2.05, 4.69) is 38.1 Å². The zero-order chi connectivity index (χ0) is 26.3. The van der Waals surface area contributed by atoms with Gasteiger partial charge in [-0.1, -0.05) is 0 Å². The van der Waals surface area contributed by atoms with Crippen molar-refractivity contribution in [2.45, 2.75) is 58.8 Å². The second-order valence-corrected chi connectivity index (χ2v) is 16.4. The van der Waals surface area contributed by atoms with Crippen molar-refractivity contribution >= 4 is 30.4 Å². The van der Waals surface area contributed by atoms with E-state index in [-0.39, 0.29) is 4.90 Å². The van der Waals surface area contributed by atoms with Crippen molar-refractivity contribution in [1.29, 1.82) is 0 Å². The van der Waals surface area contributed by atoms with Crippen molar-refractivity contribution < 1.29 is 15.5 Å². The Labute approximate surface area is 221 Å². The maximum atomic E-state index is 13.6. The summed E-state index contributed by atoms with van der Waals surface area (Å²) in [4.78, 5) is 0.143. The fourth-order valence-corrected chi connectivity index (χ4v) is 12.1. The van der Waals surface area contributed by atoms with E-state index in [4.69, 9.17) is 7.04 Å². The molecule has 0 saturated heterocycles. The van der Waals surface area contributed by atoms with Crippen molar-refractivity contribution in [3.63, 3.8) is 0 Å². The Kier molecular flexibility index (Phi) is 7.46. The quantitative estimate of drug-likeness (QED) is 0.207. The molecule has 0 unspecified atom stereocenters. The predicted octanol–water partition coefficient (Wildman–Crippen LogP) is 7.74. The van der Waals surface area contributed by atoms with Crippen LogP contribution in [0.1, 0.15) is 48.8 Å². The summed E-state index contributed by atoms with van der Waals surface area (Å²) in [6, 6.07) is 20.6. The van der Waals surface area contributed by atoms with Crippen molar-refractivity contribution in [3.05, 3.63) is 102 Å². The minimum atomic E-state index is -4.04. The van der Waals surface area contributed by atoms with Crippen LogP contribution in [0.2, 0.25) is 0 Å². The predicted molar refractivity (Wildman–Crippen MR) is 152 cm³/mol. The van der Waals surface area contributed by atoms with Gasteiger partial charge in [0.05, 0.1) is 0 Å². The van der Waals surface area contributed by atoms with Crippen LogP contribution in [0.3, 0.4) is 0 Å². The Morgan fingerprint density at radius 2 is 1.42 bits per heavy atom. The average Bonchev–Trinajstić information content (AvgIpc) is 3.23. The molecule has 0 N–H and O–H groups in total. The van der Waals surface area contributed by atoms with Gasteiger partial charge in [0.1, 0.15) is 0 Å². The molecular formula is C29H32INO4S. The number of benzene rings is 3. The fraction of sp³-hybridized carbons (Fsp3) is 0.276. The maximum absolute atomic E-state index is 13.6. The van der Waals surface area contributed by atoms with Gasteiger partial charge in [0.15, 0.2) is 0 Å². The summed E-state index contributed by atoms with van der Waals surface area (Å²) < 4.78 is 41.0. The molecule has 0 fully saturated rings. The molecule has 0 bridgehead atoms. The minimum absolute atomic E-state index is 0.143. The molecule has 5 nitrogen and oxygen atoms in total. The van der Waals surface area contributed by atoms with Gasteiger partial charge in [-0.15, -0.1) is 0 Å². The van der Waals surface area contributed by atoms with E-state index in [1.165, 1.54) is 0 Å². The third-order valence-electron chi connectivity index (χ3n) is 5.79. The first-order chi connectivity index (χ1) is 16.9. The number of halogens is 1. The van der Waals surface area contributed by atoms with Gasteiger partial charge in [-0.3, -0.25) is 0 Å². The van der Waals surface area contributed by atoms with Crippen LogP contribution in [-0.4, -0.2) is 13.6 Å². The summed E-state index contributed by atoms with van der Waals surface area (Å²) in [5, 5.41) is 4.55. The summed E-state index contributed by atoms with van der Waals surface area (Å²) in [6.07, 6.45) is 0. The van der Waals surface area contributed by atoms with Gasteiger partial charge in [0.2, 0.25) is 0 Å². The molecule has 4 aromatic rings. The Balaban J connectivity index is 1.99. The van der Waals surface area contributed by atoms with E-state index in [9.17, 15) is 8.42 Å². The Morgan fingerprint density at radius 1 is 0.833 bits per heavy atom. The van der Waals surface area contributed by atoms with Crippen molar-refractivity contribution in [2.75, 3.05) is 0 Å². The number of aromatic nitrogens is 1. The van der Waals surface area contributed by atoms with E-state index in [0.717, 1.165) is 35.0 Å². The molecule has 36 heavy (non-hydrogen) atoms. The normalized spacial score (nSPS) is 12.6. The molecule has 190 valence electrons. The molecule has 0 saturated carbocycles. The SMILES string of the molecule is Cc1ccc(S(=O)(=O)OI(c2ccccc2)c2c(-c3c(C)cc(C)cc3C)noc2C(C)(C)C)cc1. The molecule has 7 heteroatoms. The van der Waals surface area contributed by atoms with Crippen LogP contribution in [0.15, 0.2) is 76.1 Å². The third kappa shape index (κ3) is 5.43. The molecule has 0 radical (unpaired) electrons. The number of nitrogens with zero attached hydrogens (tertiary/aromatic N) is 1. The molecule has 0 amide bonds. The van der Waals surface area contributed by atoms with Crippen LogP contribution in [0.4, 0.5) is 0 Å². The second-order valence-electron chi connectivity index (χ2n) is 10.1. The van der Waals surface area contributed by atoms with Gasteiger partial charge in [0.25, 0.3) is 0 Å². The molecule has 0 aliphatic rings. The summed E-state index contributed by atoms with van der Waals surface area (Å²) in [5.74, 6) is 0.657. The van der Waals surface area contributed by atoms with Crippen molar-refractivity contribution in [1.82, 2.24) is 5.16 Å². The zero-order valence-corrected chi connectivity index (χ0v) is 24.7. The summed E-state index contributed by atoms with van der Waals surface area (Å²) >= 11 is -3.10. The first kappa shape index (κ1) is 26.6. The molecule has 3 aromatic carbocycles.